The van der Waals surface area contributed by atoms with Gasteiger partial charge < -0.3 is 25.2 Å². The topological polar surface area (TPSA) is 159 Å². The van der Waals surface area contributed by atoms with E-state index in [4.69, 9.17) is 44.3 Å². The van der Waals surface area contributed by atoms with Gasteiger partial charge in [0.25, 0.3) is 5.91 Å². The first-order valence-corrected chi connectivity index (χ1v) is 17.3. The number of aromatic nitrogens is 1. The first-order chi connectivity index (χ1) is 22.9. The highest BCUT2D eigenvalue weighted by atomic mass is 35.6. The molecule has 1 aliphatic rings. The average molecular weight is 743 g/mol. The molecule has 12 nitrogen and oxygen atoms in total. The third-order valence-electron chi connectivity index (χ3n) is 8.23. The standard InChI is InChI=1S/C34H46Cl3N5O7/c1-20(2)28(29(44)38-21(3)30(45)42-16-7-8-26(41-42)31(46)49-19-34(35,36)37)40-32(47)33(5,15-17-48-6)14-13-23-9-10-24-11-12-25(22(4)43)39-27(24)18-23/h9-14,18,20-22,26,28,41,43H,7-8,15-17,19H2,1-6H3,(H,38,44)(H,40,47)/t21?,22-,26?,28?,33?/m1/s1. The molecule has 2 heterocycles. The Kier molecular flexibility index (Phi) is 14.7. The second-order valence-corrected chi connectivity index (χ2v) is 15.3. The number of methoxy groups -OCH3 is 1. The molecule has 0 bridgehead atoms. The Morgan fingerprint density at radius 3 is 2.45 bits per heavy atom. The Bertz CT molecular complexity index is 1520. The minimum atomic E-state index is -1.77. The fourth-order valence-electron chi connectivity index (χ4n) is 5.16. The van der Waals surface area contributed by atoms with Crippen LogP contribution in [0.4, 0.5) is 0 Å². The van der Waals surface area contributed by atoms with Crippen LogP contribution in [-0.2, 0) is 28.7 Å². The first kappa shape index (κ1) is 40.4. The SMILES string of the molecule is COCCC(C)(C=Cc1ccc2ccc([C@@H](C)O)nc2c1)C(=O)NC(C(=O)NC(C)C(=O)N1CCCC(C(=O)OCC(Cl)(Cl)Cl)N1)C(C)C. The van der Waals surface area contributed by atoms with Crippen LogP contribution < -0.4 is 16.1 Å². The number of fused-ring (bicyclic) bond motifs is 1. The van der Waals surface area contributed by atoms with Gasteiger partial charge in [-0.25, -0.2) is 5.43 Å². The smallest absolute Gasteiger partial charge is 0.325 e. The number of ether oxygens (including phenoxy) is 2. The number of halogens is 3. The van der Waals surface area contributed by atoms with Crippen molar-refractivity contribution in [3.63, 3.8) is 0 Å². The quantitative estimate of drug-likeness (QED) is 0.163. The molecule has 1 aliphatic heterocycles. The van der Waals surface area contributed by atoms with Gasteiger partial charge in [0, 0.05) is 25.6 Å². The number of benzene rings is 1. The number of hydrogen-bond acceptors (Lipinski definition) is 9. The van der Waals surface area contributed by atoms with E-state index < -0.39 is 63.7 Å². The van der Waals surface area contributed by atoms with Gasteiger partial charge in [-0.3, -0.25) is 29.2 Å². The molecule has 1 aromatic heterocycles. The lowest BCUT2D eigenvalue weighted by Crippen LogP contribution is -2.61. The van der Waals surface area contributed by atoms with E-state index in [-0.39, 0.29) is 12.5 Å². The lowest BCUT2D eigenvalue weighted by molar-refractivity contribution is -0.152. The number of aliphatic hydroxyl groups excluding tert-OH is 1. The molecule has 1 fully saturated rings. The summed E-state index contributed by atoms with van der Waals surface area (Å²) in [4.78, 5) is 57.6. The predicted molar refractivity (Wildman–Crippen MR) is 190 cm³/mol. The van der Waals surface area contributed by atoms with Crippen LogP contribution in [0.5, 0.6) is 0 Å². The van der Waals surface area contributed by atoms with Crippen LogP contribution in [-0.4, -0.2) is 87.6 Å². The van der Waals surface area contributed by atoms with E-state index in [1.165, 1.54) is 11.9 Å². The number of carbonyl (C=O) groups is 4. The summed E-state index contributed by atoms with van der Waals surface area (Å²) in [5, 5.41) is 17.7. The summed E-state index contributed by atoms with van der Waals surface area (Å²) in [6.07, 6.45) is 4.13. The van der Waals surface area contributed by atoms with Crippen LogP contribution in [0.1, 0.15) is 71.2 Å². The summed E-state index contributed by atoms with van der Waals surface area (Å²) in [6, 6.07) is 6.61. The molecule has 0 saturated carbocycles. The van der Waals surface area contributed by atoms with Crippen molar-refractivity contribution in [2.24, 2.45) is 11.3 Å². The van der Waals surface area contributed by atoms with Gasteiger partial charge in [0.15, 0.2) is 0 Å². The molecule has 5 atom stereocenters. The molecular weight excluding hydrogens is 697 g/mol. The van der Waals surface area contributed by atoms with E-state index >= 15 is 0 Å². The maximum Gasteiger partial charge on any atom is 0.325 e. The van der Waals surface area contributed by atoms with Crippen molar-refractivity contribution in [3.8, 4) is 0 Å². The van der Waals surface area contributed by atoms with E-state index in [1.807, 2.05) is 30.3 Å². The molecule has 4 N–H and O–H groups in total. The molecule has 0 spiro atoms. The number of hydrogen-bond donors (Lipinski definition) is 4. The monoisotopic (exact) mass is 741 g/mol. The third kappa shape index (κ3) is 11.8. The highest BCUT2D eigenvalue weighted by molar-refractivity contribution is 6.67. The summed E-state index contributed by atoms with van der Waals surface area (Å²) in [5.41, 5.74) is 3.84. The van der Waals surface area contributed by atoms with Gasteiger partial charge in [-0.1, -0.05) is 79.0 Å². The third-order valence-corrected chi connectivity index (χ3v) is 8.56. The molecule has 3 amide bonds. The van der Waals surface area contributed by atoms with E-state index in [1.54, 1.807) is 46.9 Å². The normalized spacial score (nSPS) is 18.5. The van der Waals surface area contributed by atoms with Crippen molar-refractivity contribution in [2.75, 3.05) is 26.9 Å². The minimum absolute atomic E-state index is 0.289. The van der Waals surface area contributed by atoms with E-state index in [0.717, 1.165) is 10.9 Å². The molecule has 270 valence electrons. The van der Waals surface area contributed by atoms with Gasteiger partial charge in [0.2, 0.25) is 15.6 Å². The van der Waals surface area contributed by atoms with Gasteiger partial charge in [-0.05, 0) is 63.6 Å². The molecule has 15 heteroatoms. The zero-order valence-corrected chi connectivity index (χ0v) is 30.9. The maximum absolute atomic E-state index is 13.8. The number of amides is 3. The number of carbonyl (C=O) groups excluding carboxylic acids is 4. The highest BCUT2D eigenvalue weighted by Gasteiger charge is 2.37. The summed E-state index contributed by atoms with van der Waals surface area (Å²) in [5.74, 6) is -2.39. The van der Waals surface area contributed by atoms with Crippen LogP contribution in [0.2, 0.25) is 0 Å². The molecule has 1 aromatic carbocycles. The first-order valence-electron chi connectivity index (χ1n) is 16.1. The predicted octanol–water partition coefficient (Wildman–Crippen LogP) is 4.40. The van der Waals surface area contributed by atoms with Gasteiger partial charge in [0.05, 0.1) is 22.7 Å². The van der Waals surface area contributed by atoms with Crippen LogP contribution in [0.15, 0.2) is 36.4 Å². The molecule has 49 heavy (non-hydrogen) atoms. The van der Waals surface area contributed by atoms with Crippen LogP contribution in [0.3, 0.4) is 0 Å². The Morgan fingerprint density at radius 2 is 1.82 bits per heavy atom. The second kappa shape index (κ2) is 17.8. The Labute approximate surface area is 302 Å². The lowest BCUT2D eigenvalue weighted by Gasteiger charge is -2.35. The summed E-state index contributed by atoms with van der Waals surface area (Å²) in [7, 11) is 1.55. The van der Waals surface area contributed by atoms with Crippen molar-refractivity contribution >= 4 is 75.5 Å². The number of pyridine rings is 1. The molecular formula is C34H46Cl3N5O7. The fraction of sp³-hybridized carbons (Fsp3) is 0.559. The summed E-state index contributed by atoms with van der Waals surface area (Å²) < 4.78 is 8.58. The summed E-state index contributed by atoms with van der Waals surface area (Å²) >= 11 is 17.0. The number of nitrogens with one attached hydrogen (secondary N) is 3. The van der Waals surface area contributed by atoms with Crippen molar-refractivity contribution in [1.82, 2.24) is 26.1 Å². The average Bonchev–Trinajstić information content (AvgIpc) is 3.06. The molecule has 0 radical (unpaired) electrons. The largest absolute Gasteiger partial charge is 0.460 e. The van der Waals surface area contributed by atoms with Crippen molar-refractivity contribution in [2.45, 2.75) is 81.9 Å². The lowest BCUT2D eigenvalue weighted by atomic mass is 9.84. The van der Waals surface area contributed by atoms with E-state index in [2.05, 4.69) is 21.0 Å². The van der Waals surface area contributed by atoms with Crippen molar-refractivity contribution < 1.29 is 33.8 Å². The zero-order chi connectivity index (χ0) is 36.5. The minimum Gasteiger partial charge on any atom is -0.460 e. The van der Waals surface area contributed by atoms with Gasteiger partial charge in [-0.15, -0.1) is 0 Å². The summed E-state index contributed by atoms with van der Waals surface area (Å²) in [6.45, 7) is 8.69. The number of rotatable bonds is 14. The number of alkyl halides is 3. The van der Waals surface area contributed by atoms with Crippen molar-refractivity contribution in [1.29, 1.82) is 0 Å². The molecule has 0 aliphatic carbocycles. The van der Waals surface area contributed by atoms with Gasteiger partial charge in [-0.2, -0.15) is 0 Å². The van der Waals surface area contributed by atoms with Crippen LogP contribution >= 0.6 is 34.8 Å². The number of hydrazine groups is 1. The number of esters is 1. The Morgan fingerprint density at radius 1 is 1.12 bits per heavy atom. The molecule has 1 saturated heterocycles. The Balaban J connectivity index is 1.70. The number of nitrogens with zero attached hydrogens (tertiary/aromatic N) is 2. The molecule has 2 aromatic rings. The van der Waals surface area contributed by atoms with E-state index in [9.17, 15) is 24.3 Å². The van der Waals surface area contributed by atoms with Gasteiger partial charge >= 0.3 is 5.97 Å². The highest BCUT2D eigenvalue weighted by Crippen LogP contribution is 2.28. The van der Waals surface area contributed by atoms with Crippen molar-refractivity contribution in [3.05, 3.63) is 47.7 Å². The van der Waals surface area contributed by atoms with Crippen LogP contribution in [0.25, 0.3) is 17.0 Å². The maximum atomic E-state index is 13.8. The Hall–Kier alpha value is -3.00. The van der Waals surface area contributed by atoms with Gasteiger partial charge in [0.1, 0.15) is 24.7 Å². The zero-order valence-electron chi connectivity index (χ0n) is 28.6. The van der Waals surface area contributed by atoms with E-state index in [0.29, 0.717) is 37.0 Å². The molecule has 4 unspecified atom stereocenters. The fourth-order valence-corrected chi connectivity index (χ4v) is 5.33. The van der Waals surface area contributed by atoms with Crippen LogP contribution in [0, 0.1) is 11.3 Å². The number of aliphatic hydroxyl groups is 1. The molecule has 3 rings (SSSR count). The second-order valence-electron chi connectivity index (χ2n) is 12.8.